The molecule has 0 saturated heterocycles. The first-order valence-electron chi connectivity index (χ1n) is 10.4. The number of benzene rings is 1. The maximum atomic E-state index is 13.1. The number of halogens is 2. The Balaban J connectivity index is 1.64. The molecule has 174 valence electrons. The Morgan fingerprint density at radius 2 is 1.97 bits per heavy atom. The topological polar surface area (TPSA) is 123 Å². The van der Waals surface area contributed by atoms with Gasteiger partial charge in [0.1, 0.15) is 17.1 Å². The first kappa shape index (κ1) is 23.0. The van der Waals surface area contributed by atoms with Crippen molar-refractivity contribution >= 4 is 5.91 Å². The monoisotopic (exact) mass is 466 g/mol. The smallest absolute Gasteiger partial charge is 0.387 e. The number of aryl methyl sites for hydroxylation is 1. The molecule has 1 unspecified atom stereocenters. The van der Waals surface area contributed by atoms with Crippen LogP contribution >= 0.6 is 0 Å². The Morgan fingerprint density at radius 3 is 2.62 bits per heavy atom. The Hall–Kier alpha value is -4.20. The second-order valence-corrected chi connectivity index (χ2v) is 7.98. The Kier molecular flexibility index (Phi) is 6.06. The van der Waals surface area contributed by atoms with Gasteiger partial charge in [-0.3, -0.25) is 19.6 Å². The van der Waals surface area contributed by atoms with Crippen LogP contribution in [0.15, 0.2) is 47.5 Å². The number of amides is 1. The first-order chi connectivity index (χ1) is 16.2. The molecule has 1 aliphatic rings. The van der Waals surface area contributed by atoms with E-state index in [-0.39, 0.29) is 16.9 Å². The zero-order valence-corrected chi connectivity index (χ0v) is 18.3. The Bertz CT molecular complexity index is 1350. The number of hydrogen-bond acceptors (Lipinski definition) is 7. The van der Waals surface area contributed by atoms with E-state index in [2.05, 4.69) is 31.2 Å². The fourth-order valence-electron chi connectivity index (χ4n) is 3.61. The number of ether oxygens (including phenoxy) is 1. The van der Waals surface area contributed by atoms with Gasteiger partial charge in [-0.15, -0.1) is 0 Å². The summed E-state index contributed by atoms with van der Waals surface area (Å²) < 4.78 is 31.4. The average molecular weight is 466 g/mol. The molecule has 0 radical (unpaired) electrons. The molecule has 1 aliphatic carbocycles. The highest BCUT2D eigenvalue weighted by molar-refractivity contribution is 5.95. The Morgan fingerprint density at radius 1 is 1.24 bits per heavy atom. The molecule has 1 aromatic carbocycles. The molecule has 34 heavy (non-hydrogen) atoms. The molecule has 1 fully saturated rings. The van der Waals surface area contributed by atoms with Crippen molar-refractivity contribution in [1.29, 1.82) is 5.26 Å². The van der Waals surface area contributed by atoms with Gasteiger partial charge in [0, 0.05) is 31.1 Å². The fourth-order valence-corrected chi connectivity index (χ4v) is 3.61. The Labute approximate surface area is 193 Å². The van der Waals surface area contributed by atoms with Crippen LogP contribution < -0.4 is 15.6 Å². The lowest BCUT2D eigenvalue weighted by atomic mass is 9.95. The van der Waals surface area contributed by atoms with Crippen LogP contribution in [0.3, 0.4) is 0 Å². The van der Waals surface area contributed by atoms with Crippen molar-refractivity contribution in [2.45, 2.75) is 37.8 Å². The van der Waals surface area contributed by atoms with E-state index in [0.717, 1.165) is 4.68 Å². The van der Waals surface area contributed by atoms with Gasteiger partial charge in [-0.2, -0.15) is 19.1 Å². The van der Waals surface area contributed by atoms with E-state index >= 15 is 0 Å². The van der Waals surface area contributed by atoms with Gasteiger partial charge >= 0.3 is 6.61 Å². The second kappa shape index (κ2) is 8.97. The molecule has 0 aliphatic heterocycles. The van der Waals surface area contributed by atoms with Crippen molar-refractivity contribution in [3.05, 3.63) is 69.9 Å². The highest BCUT2D eigenvalue weighted by atomic mass is 19.3. The third-order valence-electron chi connectivity index (χ3n) is 5.60. The van der Waals surface area contributed by atoms with E-state index in [1.165, 1.54) is 49.8 Å². The van der Waals surface area contributed by atoms with Crippen LogP contribution in [0.2, 0.25) is 0 Å². The maximum Gasteiger partial charge on any atom is 0.387 e. The molecule has 1 saturated carbocycles. The highest BCUT2D eigenvalue weighted by Crippen LogP contribution is 2.48. The van der Waals surface area contributed by atoms with Gasteiger partial charge in [0.05, 0.1) is 23.2 Å². The van der Waals surface area contributed by atoms with E-state index in [1.807, 2.05) is 0 Å². The van der Waals surface area contributed by atoms with Gasteiger partial charge in [-0.05, 0) is 49.6 Å². The molecule has 2 aromatic heterocycles. The van der Waals surface area contributed by atoms with Gasteiger partial charge in [0.15, 0.2) is 0 Å². The summed E-state index contributed by atoms with van der Waals surface area (Å²) in [6.45, 7) is -1.38. The van der Waals surface area contributed by atoms with E-state index in [4.69, 9.17) is 0 Å². The van der Waals surface area contributed by atoms with Crippen LogP contribution in [0.5, 0.6) is 5.75 Å². The van der Waals surface area contributed by atoms with Gasteiger partial charge in [0.2, 0.25) is 0 Å². The number of nitrogens with one attached hydrogen (secondary N) is 1. The number of rotatable bonds is 7. The molecule has 1 atom stereocenters. The van der Waals surface area contributed by atoms with Gasteiger partial charge in [-0.25, -0.2) is 4.68 Å². The zero-order chi connectivity index (χ0) is 24.5. The largest absolute Gasteiger partial charge is 0.435 e. The van der Waals surface area contributed by atoms with Crippen LogP contribution in [0.25, 0.3) is 11.4 Å². The van der Waals surface area contributed by atoms with E-state index in [1.54, 1.807) is 6.92 Å². The number of alkyl halides is 2. The highest BCUT2D eigenvalue weighted by Gasteiger charge is 2.45. The van der Waals surface area contributed by atoms with Crippen LogP contribution in [0.1, 0.15) is 47.4 Å². The SMILES string of the molecule is CC(NC(=O)c1cc(OC(F)F)cc(C2(C#N)CC2)c1)c1nccnc1-c1ccc(=O)n(C)n1. The fraction of sp³-hybridized carbons (Fsp3) is 0.304. The minimum Gasteiger partial charge on any atom is -0.435 e. The molecule has 1 amide bonds. The predicted molar refractivity (Wildman–Crippen MR) is 116 cm³/mol. The van der Waals surface area contributed by atoms with Crippen molar-refractivity contribution in [2.75, 3.05) is 0 Å². The zero-order valence-electron chi connectivity index (χ0n) is 18.3. The number of aromatic nitrogens is 4. The predicted octanol–water partition coefficient (Wildman–Crippen LogP) is 2.88. The minimum atomic E-state index is -3.07. The van der Waals surface area contributed by atoms with Crippen molar-refractivity contribution in [3.8, 4) is 23.2 Å². The normalized spacial score (nSPS) is 14.8. The molecule has 9 nitrogen and oxygen atoms in total. The van der Waals surface area contributed by atoms with E-state index < -0.39 is 24.0 Å². The summed E-state index contributed by atoms with van der Waals surface area (Å²) in [5.41, 5.74) is 0.622. The molecular weight excluding hydrogens is 446 g/mol. The van der Waals surface area contributed by atoms with Crippen LogP contribution in [-0.4, -0.2) is 32.3 Å². The average Bonchev–Trinajstić information content (AvgIpc) is 3.61. The molecule has 0 spiro atoms. The van der Waals surface area contributed by atoms with Gasteiger partial charge in [-0.1, -0.05) is 0 Å². The lowest BCUT2D eigenvalue weighted by molar-refractivity contribution is -0.0499. The number of nitrogens with zero attached hydrogens (tertiary/aromatic N) is 5. The third-order valence-corrected chi connectivity index (χ3v) is 5.60. The van der Waals surface area contributed by atoms with Crippen molar-refractivity contribution in [1.82, 2.24) is 25.1 Å². The first-order valence-corrected chi connectivity index (χ1v) is 10.4. The molecule has 1 N–H and O–H groups in total. The third kappa shape index (κ3) is 4.61. The standard InChI is InChI=1S/C23H20F2N6O3/c1-13(19-20(28-8-7-27-19)17-3-4-18(32)31(2)30-17)29-21(33)14-9-15(23(12-26)5-6-23)11-16(10-14)34-22(24)25/h3-4,7-11,13,22H,5-6H2,1-2H3,(H,29,33). The molecule has 3 aromatic rings. The molecule has 11 heteroatoms. The number of hydrogen-bond donors (Lipinski definition) is 1. The van der Waals surface area contributed by atoms with Gasteiger partial charge in [0.25, 0.3) is 11.5 Å². The summed E-state index contributed by atoms with van der Waals surface area (Å²) >= 11 is 0. The summed E-state index contributed by atoms with van der Waals surface area (Å²) in [5.74, 6) is -0.756. The number of carbonyl (C=O) groups excluding carboxylic acids is 1. The molecular formula is C23H20F2N6O3. The lowest BCUT2D eigenvalue weighted by Gasteiger charge is -2.18. The van der Waals surface area contributed by atoms with Crippen LogP contribution in [-0.2, 0) is 12.5 Å². The quantitative estimate of drug-likeness (QED) is 0.568. The summed E-state index contributed by atoms with van der Waals surface area (Å²) in [6, 6.07) is 8.50. The summed E-state index contributed by atoms with van der Waals surface area (Å²) in [6.07, 6.45) is 4.08. The van der Waals surface area contributed by atoms with Crippen LogP contribution in [0.4, 0.5) is 8.78 Å². The molecule has 4 rings (SSSR count). The summed E-state index contributed by atoms with van der Waals surface area (Å²) in [4.78, 5) is 33.3. The van der Waals surface area contributed by atoms with E-state index in [0.29, 0.717) is 35.5 Å². The van der Waals surface area contributed by atoms with Crippen molar-refractivity contribution in [2.24, 2.45) is 7.05 Å². The second-order valence-electron chi connectivity index (χ2n) is 7.98. The molecule has 0 bridgehead atoms. The van der Waals surface area contributed by atoms with Crippen molar-refractivity contribution < 1.29 is 18.3 Å². The minimum absolute atomic E-state index is 0.0761. The van der Waals surface area contributed by atoms with E-state index in [9.17, 15) is 23.6 Å². The van der Waals surface area contributed by atoms with Crippen LogP contribution in [0, 0.1) is 11.3 Å². The van der Waals surface area contributed by atoms with Gasteiger partial charge < -0.3 is 10.1 Å². The summed E-state index contributed by atoms with van der Waals surface area (Å²) in [5, 5.41) is 16.5. The lowest BCUT2D eigenvalue weighted by Crippen LogP contribution is -2.28. The number of nitriles is 1. The maximum absolute atomic E-state index is 13.1. The summed E-state index contributed by atoms with van der Waals surface area (Å²) in [7, 11) is 1.51. The molecule has 2 heterocycles. The van der Waals surface area contributed by atoms with Crippen molar-refractivity contribution in [3.63, 3.8) is 0 Å². The number of carbonyl (C=O) groups is 1.